The highest BCUT2D eigenvalue weighted by Crippen LogP contribution is 2.19. The van der Waals surface area contributed by atoms with Crippen molar-refractivity contribution in [2.24, 2.45) is 0 Å². The van der Waals surface area contributed by atoms with Gasteiger partial charge in [0.2, 0.25) is 6.29 Å². The van der Waals surface area contributed by atoms with Gasteiger partial charge in [0.1, 0.15) is 11.6 Å². The molecular formula is C14H18NO3. The maximum Gasteiger partial charge on any atom is 0.410 e. The van der Waals surface area contributed by atoms with Gasteiger partial charge >= 0.3 is 6.09 Å². The molecule has 0 aliphatic rings. The molecule has 97 valence electrons. The summed E-state index contributed by atoms with van der Waals surface area (Å²) < 4.78 is 5.21. The Bertz CT molecular complexity index is 409. The highest BCUT2D eigenvalue weighted by Gasteiger charge is 2.26. The quantitative estimate of drug-likeness (QED) is 0.826. The molecule has 0 N–H and O–H groups in total. The Morgan fingerprint density at radius 2 is 1.83 bits per heavy atom. The van der Waals surface area contributed by atoms with Crippen molar-refractivity contribution < 1.29 is 14.3 Å². The lowest BCUT2D eigenvalue weighted by molar-refractivity contribution is 0.0264. The molecule has 0 bridgehead atoms. The molecule has 1 atom stereocenters. The van der Waals surface area contributed by atoms with E-state index < -0.39 is 17.7 Å². The van der Waals surface area contributed by atoms with Gasteiger partial charge in [-0.25, -0.2) is 4.79 Å². The molecule has 0 heterocycles. The van der Waals surface area contributed by atoms with Crippen LogP contribution in [-0.4, -0.2) is 29.9 Å². The summed E-state index contributed by atoms with van der Waals surface area (Å²) in [5.41, 5.74) is 0.121. The summed E-state index contributed by atoms with van der Waals surface area (Å²) in [6, 6.07) is 8.26. The van der Waals surface area contributed by atoms with Gasteiger partial charge in [-0.15, -0.1) is 0 Å². The van der Waals surface area contributed by atoms with Crippen molar-refractivity contribution in [2.45, 2.75) is 32.4 Å². The van der Waals surface area contributed by atoms with Crippen LogP contribution in [0.2, 0.25) is 0 Å². The maximum atomic E-state index is 11.9. The standard InChI is InChI=1S/C14H18NO3/c1-14(2,3)18-13(17)15(4)12(10-16)11-8-6-5-7-9-11/h5-9,12H,1-4H3/t12-/m1/s1. The van der Waals surface area contributed by atoms with Crippen LogP contribution in [-0.2, 0) is 9.53 Å². The van der Waals surface area contributed by atoms with Crippen LogP contribution in [0, 0.1) is 0 Å². The van der Waals surface area contributed by atoms with Crippen molar-refractivity contribution in [3.05, 3.63) is 35.9 Å². The molecule has 4 heteroatoms. The summed E-state index contributed by atoms with van der Waals surface area (Å²) >= 11 is 0. The number of hydrogen-bond donors (Lipinski definition) is 0. The summed E-state index contributed by atoms with van der Waals surface area (Å²) in [4.78, 5) is 24.1. The van der Waals surface area contributed by atoms with Crippen LogP contribution >= 0.6 is 0 Å². The van der Waals surface area contributed by atoms with Crippen molar-refractivity contribution in [1.29, 1.82) is 0 Å². The van der Waals surface area contributed by atoms with Gasteiger partial charge in [-0.3, -0.25) is 9.69 Å². The van der Waals surface area contributed by atoms with Crippen molar-refractivity contribution in [3.8, 4) is 0 Å². The highest BCUT2D eigenvalue weighted by molar-refractivity contribution is 5.74. The summed E-state index contributed by atoms with van der Waals surface area (Å²) in [7, 11) is 1.52. The molecular weight excluding hydrogens is 230 g/mol. The third-order valence-electron chi connectivity index (χ3n) is 2.30. The molecule has 0 saturated heterocycles. The Morgan fingerprint density at radius 1 is 1.28 bits per heavy atom. The van der Waals surface area contributed by atoms with Gasteiger partial charge in [-0.05, 0) is 26.3 Å². The van der Waals surface area contributed by atoms with E-state index in [0.29, 0.717) is 5.56 Å². The molecule has 0 unspecified atom stereocenters. The number of ether oxygens (including phenoxy) is 1. The summed E-state index contributed by atoms with van der Waals surface area (Å²) in [5, 5.41) is 0. The zero-order valence-corrected chi connectivity index (χ0v) is 11.1. The van der Waals surface area contributed by atoms with Gasteiger partial charge in [0.05, 0.1) is 0 Å². The fourth-order valence-corrected chi connectivity index (χ4v) is 1.45. The molecule has 1 radical (unpaired) electrons. The number of amides is 1. The van der Waals surface area contributed by atoms with Gasteiger partial charge in [0.25, 0.3) is 0 Å². The predicted molar refractivity (Wildman–Crippen MR) is 68.9 cm³/mol. The monoisotopic (exact) mass is 248 g/mol. The molecule has 1 aromatic rings. The molecule has 0 fully saturated rings. The van der Waals surface area contributed by atoms with E-state index in [4.69, 9.17) is 4.74 Å². The third kappa shape index (κ3) is 3.87. The molecule has 0 aliphatic heterocycles. The Balaban J connectivity index is 2.84. The molecule has 1 aromatic carbocycles. The minimum atomic E-state index is -0.749. The second-order valence-corrected chi connectivity index (χ2v) is 5.02. The molecule has 0 saturated carbocycles. The van der Waals surface area contributed by atoms with Gasteiger partial charge in [0.15, 0.2) is 0 Å². The first-order valence-electron chi connectivity index (χ1n) is 5.73. The van der Waals surface area contributed by atoms with E-state index in [1.165, 1.54) is 11.9 Å². The maximum absolute atomic E-state index is 11.9. The summed E-state index contributed by atoms with van der Waals surface area (Å²) in [6.07, 6.45) is 1.32. The first kappa shape index (κ1) is 14.2. The summed E-state index contributed by atoms with van der Waals surface area (Å²) in [5.74, 6) is 0. The summed E-state index contributed by atoms with van der Waals surface area (Å²) in [6.45, 7) is 5.34. The normalized spacial score (nSPS) is 12.7. The van der Waals surface area contributed by atoms with Crippen LogP contribution in [0.15, 0.2) is 30.3 Å². The average Bonchev–Trinajstić information content (AvgIpc) is 2.29. The van der Waals surface area contributed by atoms with E-state index in [-0.39, 0.29) is 0 Å². The smallest absolute Gasteiger partial charge is 0.410 e. The number of hydrogen-bond acceptors (Lipinski definition) is 3. The van der Waals surface area contributed by atoms with E-state index in [1.54, 1.807) is 32.9 Å². The largest absolute Gasteiger partial charge is 0.444 e. The molecule has 18 heavy (non-hydrogen) atoms. The topological polar surface area (TPSA) is 46.6 Å². The van der Waals surface area contributed by atoms with Crippen LogP contribution in [0.3, 0.4) is 0 Å². The Hall–Kier alpha value is -1.84. The molecule has 0 aromatic heterocycles. The van der Waals surface area contributed by atoms with Crippen LogP contribution < -0.4 is 0 Å². The minimum absolute atomic E-state index is 0.542. The van der Waals surface area contributed by atoms with Crippen molar-refractivity contribution in [2.75, 3.05) is 7.05 Å². The second kappa shape index (κ2) is 5.67. The lowest BCUT2D eigenvalue weighted by atomic mass is 10.1. The highest BCUT2D eigenvalue weighted by atomic mass is 16.6. The first-order chi connectivity index (χ1) is 8.35. The van der Waals surface area contributed by atoms with Gasteiger partial charge in [0, 0.05) is 7.05 Å². The molecule has 4 nitrogen and oxygen atoms in total. The van der Waals surface area contributed by atoms with Crippen LogP contribution in [0.25, 0.3) is 0 Å². The lowest BCUT2D eigenvalue weighted by Gasteiger charge is -2.27. The van der Waals surface area contributed by atoms with Crippen molar-refractivity contribution >= 4 is 12.4 Å². The third-order valence-corrected chi connectivity index (χ3v) is 2.30. The van der Waals surface area contributed by atoms with Crippen molar-refractivity contribution in [1.82, 2.24) is 4.90 Å². The second-order valence-electron chi connectivity index (χ2n) is 5.02. The fourth-order valence-electron chi connectivity index (χ4n) is 1.45. The molecule has 0 aliphatic carbocycles. The Kier molecular flexibility index (Phi) is 4.48. The van der Waals surface area contributed by atoms with E-state index in [1.807, 2.05) is 24.5 Å². The van der Waals surface area contributed by atoms with Crippen LogP contribution in [0.4, 0.5) is 4.79 Å². The molecule has 0 spiro atoms. The number of benzene rings is 1. The number of carbonyl (C=O) groups is 1. The van der Waals surface area contributed by atoms with E-state index in [0.717, 1.165) is 0 Å². The zero-order chi connectivity index (χ0) is 13.8. The molecule has 1 amide bonds. The van der Waals surface area contributed by atoms with E-state index in [9.17, 15) is 9.59 Å². The van der Waals surface area contributed by atoms with Crippen LogP contribution in [0.1, 0.15) is 32.4 Å². The van der Waals surface area contributed by atoms with Crippen LogP contribution in [0.5, 0.6) is 0 Å². The fraction of sp³-hybridized carbons (Fsp3) is 0.429. The molecule has 1 rings (SSSR count). The Morgan fingerprint density at radius 3 is 2.28 bits per heavy atom. The van der Waals surface area contributed by atoms with Gasteiger partial charge < -0.3 is 4.74 Å². The number of rotatable bonds is 3. The van der Waals surface area contributed by atoms with E-state index in [2.05, 4.69) is 0 Å². The lowest BCUT2D eigenvalue weighted by Crippen LogP contribution is -2.37. The van der Waals surface area contributed by atoms with Gasteiger partial charge in [-0.2, -0.15) is 0 Å². The van der Waals surface area contributed by atoms with E-state index >= 15 is 0 Å². The first-order valence-corrected chi connectivity index (χ1v) is 5.73. The number of likely N-dealkylation sites (N-methyl/N-ethyl adjacent to an activating group) is 1. The SMILES string of the molecule is CN(C(=O)OC(C)(C)C)[C@H]([C]=O)c1ccccc1. The average molecular weight is 248 g/mol. The van der Waals surface area contributed by atoms with Gasteiger partial charge in [-0.1, -0.05) is 30.3 Å². The minimum Gasteiger partial charge on any atom is -0.444 e. The van der Waals surface area contributed by atoms with Crippen molar-refractivity contribution in [3.63, 3.8) is 0 Å². The number of carbonyl (C=O) groups excluding carboxylic acids is 2. The zero-order valence-electron chi connectivity index (χ0n) is 11.1. The Labute approximate surface area is 108 Å². The number of nitrogens with zero attached hydrogens (tertiary/aromatic N) is 1. The predicted octanol–water partition coefficient (Wildman–Crippen LogP) is 2.70.